The van der Waals surface area contributed by atoms with E-state index in [1.54, 1.807) is 31.2 Å². The quantitative estimate of drug-likeness (QED) is 0.677. The molecule has 1 fully saturated rings. The van der Waals surface area contributed by atoms with E-state index in [4.69, 9.17) is 4.74 Å². The number of ether oxygens (including phenoxy) is 1. The van der Waals surface area contributed by atoms with Crippen LogP contribution in [0.15, 0.2) is 30.3 Å². The van der Waals surface area contributed by atoms with Crippen molar-refractivity contribution in [3.8, 4) is 0 Å². The summed E-state index contributed by atoms with van der Waals surface area (Å²) in [5.41, 5.74) is 0.534. The Balaban J connectivity index is 2.05. The predicted molar refractivity (Wildman–Crippen MR) is 67.7 cm³/mol. The number of aliphatic hydroxyl groups excluding tert-OH is 3. The van der Waals surface area contributed by atoms with E-state index < -0.39 is 30.5 Å². The summed E-state index contributed by atoms with van der Waals surface area (Å²) >= 11 is 0. The molecule has 0 aliphatic carbocycles. The topological polar surface area (TPSA) is 87.0 Å². The number of benzene rings is 1. The van der Waals surface area contributed by atoms with E-state index in [0.29, 0.717) is 5.56 Å². The molecule has 0 radical (unpaired) electrons. The van der Waals surface area contributed by atoms with Gasteiger partial charge in [0.05, 0.1) is 12.2 Å². The zero-order chi connectivity index (χ0) is 14.0. The summed E-state index contributed by atoms with van der Waals surface area (Å²) in [6.45, 7) is 1.60. The number of carbonyl (C=O) groups is 1. The van der Waals surface area contributed by atoms with Crippen LogP contribution in [0.25, 0.3) is 0 Å². The number of aliphatic hydroxyl groups is 3. The summed E-state index contributed by atoms with van der Waals surface area (Å²) in [5, 5.41) is 29.1. The van der Waals surface area contributed by atoms with E-state index in [-0.39, 0.29) is 12.2 Å². The fourth-order valence-corrected chi connectivity index (χ4v) is 2.23. The summed E-state index contributed by atoms with van der Waals surface area (Å²) < 4.78 is 5.39. The Morgan fingerprint density at radius 3 is 2.37 bits per heavy atom. The first-order chi connectivity index (χ1) is 9.00. The number of carbonyl (C=O) groups excluding carboxylic acids is 1. The van der Waals surface area contributed by atoms with Crippen molar-refractivity contribution in [3.05, 3.63) is 35.9 Å². The maximum Gasteiger partial charge on any atom is 0.165 e. The van der Waals surface area contributed by atoms with Crippen LogP contribution in [0.4, 0.5) is 0 Å². The van der Waals surface area contributed by atoms with Crippen molar-refractivity contribution < 1.29 is 24.9 Å². The maximum atomic E-state index is 12.0. The van der Waals surface area contributed by atoms with Gasteiger partial charge in [-0.3, -0.25) is 4.79 Å². The number of ketones is 1. The highest BCUT2D eigenvalue weighted by molar-refractivity contribution is 5.96. The smallest absolute Gasteiger partial charge is 0.165 e. The average molecular weight is 266 g/mol. The molecule has 19 heavy (non-hydrogen) atoms. The van der Waals surface area contributed by atoms with Crippen LogP contribution < -0.4 is 0 Å². The third-order valence-corrected chi connectivity index (χ3v) is 3.43. The van der Waals surface area contributed by atoms with Crippen LogP contribution in [-0.2, 0) is 4.74 Å². The molecule has 0 spiro atoms. The Labute approximate surface area is 111 Å². The molecule has 5 atom stereocenters. The summed E-state index contributed by atoms with van der Waals surface area (Å²) in [4.78, 5) is 12.0. The molecule has 0 aromatic heterocycles. The second kappa shape index (κ2) is 5.79. The summed E-state index contributed by atoms with van der Waals surface area (Å²) in [6.07, 6.45) is -5.15. The lowest BCUT2D eigenvalue weighted by atomic mass is 9.92. The fraction of sp³-hybridized carbons (Fsp3) is 0.500. The van der Waals surface area contributed by atoms with Crippen molar-refractivity contribution in [2.45, 2.75) is 43.9 Å². The summed E-state index contributed by atoms with van der Waals surface area (Å²) in [7, 11) is 0. The van der Waals surface area contributed by atoms with Crippen LogP contribution in [0, 0.1) is 0 Å². The molecule has 0 bridgehead atoms. The average Bonchev–Trinajstić information content (AvgIpc) is 2.43. The third-order valence-electron chi connectivity index (χ3n) is 3.43. The van der Waals surface area contributed by atoms with E-state index in [1.807, 2.05) is 6.07 Å². The van der Waals surface area contributed by atoms with Crippen molar-refractivity contribution in [2.24, 2.45) is 0 Å². The Morgan fingerprint density at radius 2 is 1.74 bits per heavy atom. The Kier molecular flexibility index (Phi) is 4.31. The highest BCUT2D eigenvalue weighted by Crippen LogP contribution is 2.24. The lowest BCUT2D eigenvalue weighted by Gasteiger charge is -2.39. The van der Waals surface area contributed by atoms with E-state index in [2.05, 4.69) is 0 Å². The van der Waals surface area contributed by atoms with E-state index in [0.717, 1.165) is 0 Å². The van der Waals surface area contributed by atoms with Crippen LogP contribution >= 0.6 is 0 Å². The molecule has 1 aromatic carbocycles. The van der Waals surface area contributed by atoms with Gasteiger partial charge in [-0.2, -0.15) is 0 Å². The second-order valence-electron chi connectivity index (χ2n) is 4.84. The van der Waals surface area contributed by atoms with Gasteiger partial charge >= 0.3 is 0 Å². The third kappa shape index (κ3) is 3.01. The molecule has 5 nitrogen and oxygen atoms in total. The van der Waals surface area contributed by atoms with Gasteiger partial charge in [-0.1, -0.05) is 30.3 Å². The minimum Gasteiger partial charge on any atom is -0.388 e. The van der Waals surface area contributed by atoms with Gasteiger partial charge in [0, 0.05) is 12.0 Å². The SMILES string of the molecule is C[C@H]1OC(CC(=O)c2ccccc2)[C@H](O)[C@@H](O)[C@H]1O. The van der Waals surface area contributed by atoms with E-state index in [1.165, 1.54) is 0 Å². The van der Waals surface area contributed by atoms with Gasteiger partial charge < -0.3 is 20.1 Å². The molecular weight excluding hydrogens is 248 g/mol. The zero-order valence-electron chi connectivity index (χ0n) is 10.6. The Hall–Kier alpha value is -1.27. The van der Waals surface area contributed by atoms with Gasteiger partial charge in [-0.25, -0.2) is 0 Å². The number of Topliss-reactive ketones (excluding diaryl/α,β-unsaturated/α-hetero) is 1. The van der Waals surface area contributed by atoms with Crippen molar-refractivity contribution in [2.75, 3.05) is 0 Å². The number of rotatable bonds is 3. The molecule has 5 heteroatoms. The fourth-order valence-electron chi connectivity index (χ4n) is 2.23. The maximum absolute atomic E-state index is 12.0. The number of hydrogen-bond acceptors (Lipinski definition) is 5. The molecule has 1 aliphatic rings. The summed E-state index contributed by atoms with van der Waals surface area (Å²) in [6, 6.07) is 8.70. The molecule has 1 aliphatic heterocycles. The zero-order valence-corrected chi connectivity index (χ0v) is 10.6. The van der Waals surface area contributed by atoms with Crippen LogP contribution in [0.1, 0.15) is 23.7 Å². The van der Waals surface area contributed by atoms with Crippen molar-refractivity contribution in [3.63, 3.8) is 0 Å². The second-order valence-corrected chi connectivity index (χ2v) is 4.84. The van der Waals surface area contributed by atoms with Crippen LogP contribution in [0.3, 0.4) is 0 Å². The predicted octanol–water partition coefficient (Wildman–Crippen LogP) is 0.129. The molecule has 0 amide bonds. The van der Waals surface area contributed by atoms with Gasteiger partial charge in [0.1, 0.15) is 18.3 Å². The first kappa shape index (κ1) is 14.1. The molecule has 0 saturated carbocycles. The number of hydrogen-bond donors (Lipinski definition) is 3. The standard InChI is InChI=1S/C14H18O5/c1-8-12(16)14(18)13(17)11(19-8)7-10(15)9-5-3-2-4-6-9/h2-6,8,11-14,16-18H,7H2,1H3/t8-,11?,12+,13+,14+/m1/s1. The van der Waals surface area contributed by atoms with Crippen molar-refractivity contribution >= 4 is 5.78 Å². The molecular formula is C14H18O5. The van der Waals surface area contributed by atoms with Crippen LogP contribution in [0.2, 0.25) is 0 Å². The summed E-state index contributed by atoms with van der Waals surface area (Å²) in [5.74, 6) is -0.166. The largest absolute Gasteiger partial charge is 0.388 e. The molecule has 3 N–H and O–H groups in total. The van der Waals surface area contributed by atoms with Gasteiger partial charge in [-0.15, -0.1) is 0 Å². The van der Waals surface area contributed by atoms with Crippen LogP contribution in [0.5, 0.6) is 0 Å². The molecule has 1 heterocycles. The van der Waals surface area contributed by atoms with Crippen molar-refractivity contribution in [1.29, 1.82) is 0 Å². The monoisotopic (exact) mass is 266 g/mol. The highest BCUT2D eigenvalue weighted by atomic mass is 16.5. The lowest BCUT2D eigenvalue weighted by Crippen LogP contribution is -2.56. The van der Waals surface area contributed by atoms with Crippen LogP contribution in [-0.4, -0.2) is 51.6 Å². The molecule has 1 aromatic rings. The lowest BCUT2D eigenvalue weighted by molar-refractivity contribution is -0.215. The molecule has 1 saturated heterocycles. The molecule has 104 valence electrons. The minimum atomic E-state index is -1.29. The first-order valence-corrected chi connectivity index (χ1v) is 6.28. The Morgan fingerprint density at radius 1 is 1.11 bits per heavy atom. The first-order valence-electron chi connectivity index (χ1n) is 6.28. The van der Waals surface area contributed by atoms with Crippen molar-refractivity contribution in [1.82, 2.24) is 0 Å². The normalized spacial score (nSPS) is 35.1. The molecule has 1 unspecified atom stereocenters. The van der Waals surface area contributed by atoms with Gasteiger partial charge in [0.15, 0.2) is 5.78 Å². The minimum absolute atomic E-state index is 0.0285. The van der Waals surface area contributed by atoms with E-state index >= 15 is 0 Å². The highest BCUT2D eigenvalue weighted by Gasteiger charge is 2.42. The van der Waals surface area contributed by atoms with Gasteiger partial charge in [0.2, 0.25) is 0 Å². The Bertz CT molecular complexity index is 433. The molecule has 2 rings (SSSR count). The van der Waals surface area contributed by atoms with E-state index in [9.17, 15) is 20.1 Å². The van der Waals surface area contributed by atoms with Gasteiger partial charge in [-0.05, 0) is 6.92 Å². The van der Waals surface area contributed by atoms with Gasteiger partial charge in [0.25, 0.3) is 0 Å².